The Hall–Kier alpha value is -1.82. The monoisotopic (exact) mass is 175 g/mol. The van der Waals surface area contributed by atoms with Crippen LogP contribution in [0, 0.1) is 11.8 Å². The van der Waals surface area contributed by atoms with E-state index >= 15 is 0 Å². The van der Waals surface area contributed by atoms with Crippen LogP contribution in [-0.4, -0.2) is 18.1 Å². The van der Waals surface area contributed by atoms with E-state index in [9.17, 15) is 4.79 Å². The van der Waals surface area contributed by atoms with E-state index < -0.39 is 0 Å². The normalized spacial score (nSPS) is 8.38. The zero-order chi connectivity index (χ0) is 9.52. The molecule has 0 radical (unpaired) electrons. The van der Waals surface area contributed by atoms with Crippen LogP contribution >= 0.6 is 0 Å². The van der Waals surface area contributed by atoms with Crippen molar-refractivity contribution in [2.75, 3.05) is 7.11 Å². The maximum Gasteiger partial charge on any atom is 0.317 e. The molecule has 0 aliphatic rings. The van der Waals surface area contributed by atoms with Gasteiger partial charge in [0, 0.05) is 18.0 Å². The summed E-state index contributed by atoms with van der Waals surface area (Å²) in [6.07, 6.45) is 3.43. The summed E-state index contributed by atoms with van der Waals surface area (Å²) in [6, 6.07) is 3.56. The molecule has 66 valence electrons. The number of nitrogens with zero attached hydrogens (tertiary/aromatic N) is 1. The summed E-state index contributed by atoms with van der Waals surface area (Å²) < 4.78 is 4.43. The molecule has 0 spiro atoms. The summed E-state index contributed by atoms with van der Waals surface area (Å²) >= 11 is 0. The van der Waals surface area contributed by atoms with Crippen molar-refractivity contribution in [2.24, 2.45) is 0 Å². The van der Waals surface area contributed by atoms with Gasteiger partial charge in [0.15, 0.2) is 0 Å². The summed E-state index contributed by atoms with van der Waals surface area (Å²) in [4.78, 5) is 14.5. The van der Waals surface area contributed by atoms with Gasteiger partial charge in [-0.25, -0.2) is 0 Å². The molecule has 0 saturated heterocycles. The van der Waals surface area contributed by atoms with Crippen LogP contribution in [0.2, 0.25) is 0 Å². The lowest BCUT2D eigenvalue weighted by molar-refractivity contribution is -0.139. The number of hydrogen-bond acceptors (Lipinski definition) is 3. The van der Waals surface area contributed by atoms with Gasteiger partial charge >= 0.3 is 5.97 Å². The van der Waals surface area contributed by atoms with Crippen molar-refractivity contribution in [1.29, 1.82) is 0 Å². The molecule has 0 unspecified atom stereocenters. The lowest BCUT2D eigenvalue weighted by atomic mass is 10.2. The topological polar surface area (TPSA) is 39.2 Å². The Balaban J connectivity index is 2.54. The Morgan fingerprint density at radius 2 is 2.23 bits per heavy atom. The van der Waals surface area contributed by atoms with Gasteiger partial charge in [0.1, 0.15) is 6.42 Å². The summed E-state index contributed by atoms with van der Waals surface area (Å²) in [5, 5.41) is 0. The van der Waals surface area contributed by atoms with Gasteiger partial charge < -0.3 is 4.74 Å². The minimum absolute atomic E-state index is 0.124. The molecule has 1 heterocycles. The van der Waals surface area contributed by atoms with Gasteiger partial charge in [-0.1, -0.05) is 11.8 Å². The van der Waals surface area contributed by atoms with Crippen molar-refractivity contribution in [3.63, 3.8) is 0 Å². The first-order chi connectivity index (χ1) is 6.33. The van der Waals surface area contributed by atoms with Gasteiger partial charge in [-0.2, -0.15) is 0 Å². The second kappa shape index (κ2) is 4.94. The summed E-state index contributed by atoms with van der Waals surface area (Å²) in [6.45, 7) is 0. The first-order valence-corrected chi connectivity index (χ1v) is 3.78. The van der Waals surface area contributed by atoms with Crippen molar-refractivity contribution >= 4 is 5.97 Å². The average molecular weight is 175 g/mol. The number of hydrogen-bond donors (Lipinski definition) is 0. The molecular weight excluding hydrogens is 166 g/mol. The number of pyridine rings is 1. The molecule has 3 heteroatoms. The SMILES string of the molecule is COC(=O)CC#Cc1ccncc1. The van der Waals surface area contributed by atoms with Gasteiger partial charge in [-0.05, 0) is 12.1 Å². The number of aromatic nitrogens is 1. The third kappa shape index (κ3) is 3.39. The van der Waals surface area contributed by atoms with Crippen molar-refractivity contribution in [2.45, 2.75) is 6.42 Å². The second-order valence-electron chi connectivity index (χ2n) is 2.29. The van der Waals surface area contributed by atoms with E-state index in [0.29, 0.717) is 0 Å². The molecule has 0 atom stereocenters. The maximum atomic E-state index is 10.7. The van der Waals surface area contributed by atoms with Crippen molar-refractivity contribution in [1.82, 2.24) is 4.98 Å². The molecule has 0 aliphatic heterocycles. The standard InChI is InChI=1S/C10H9NO2/c1-13-10(12)4-2-3-9-5-7-11-8-6-9/h5-8H,4H2,1H3. The summed E-state index contributed by atoms with van der Waals surface area (Å²) in [7, 11) is 1.34. The zero-order valence-corrected chi connectivity index (χ0v) is 7.28. The van der Waals surface area contributed by atoms with Gasteiger partial charge in [0.2, 0.25) is 0 Å². The number of ether oxygens (including phenoxy) is 1. The highest BCUT2D eigenvalue weighted by Gasteiger charge is 1.92. The fourth-order valence-electron chi connectivity index (χ4n) is 0.726. The van der Waals surface area contributed by atoms with E-state index in [1.54, 1.807) is 24.5 Å². The Kier molecular flexibility index (Phi) is 3.52. The Bertz CT molecular complexity index is 335. The van der Waals surface area contributed by atoms with Crippen LogP contribution in [0.1, 0.15) is 12.0 Å². The van der Waals surface area contributed by atoms with Gasteiger partial charge in [0.25, 0.3) is 0 Å². The molecule has 1 aromatic rings. The summed E-state index contributed by atoms with van der Waals surface area (Å²) in [5.41, 5.74) is 0.846. The van der Waals surface area contributed by atoms with E-state index in [-0.39, 0.29) is 12.4 Å². The molecule has 0 aliphatic carbocycles. The number of esters is 1. The molecule has 3 nitrogen and oxygen atoms in total. The Morgan fingerprint density at radius 3 is 2.85 bits per heavy atom. The van der Waals surface area contributed by atoms with Crippen LogP contribution < -0.4 is 0 Å². The average Bonchev–Trinajstić information content (AvgIpc) is 2.19. The smallest absolute Gasteiger partial charge is 0.317 e. The van der Waals surface area contributed by atoms with Crippen molar-refractivity contribution < 1.29 is 9.53 Å². The molecule has 0 N–H and O–H groups in total. The van der Waals surface area contributed by atoms with Crippen molar-refractivity contribution in [3.05, 3.63) is 30.1 Å². The van der Waals surface area contributed by atoms with E-state index in [4.69, 9.17) is 0 Å². The second-order valence-corrected chi connectivity index (χ2v) is 2.29. The fourth-order valence-corrected chi connectivity index (χ4v) is 0.726. The lowest BCUT2D eigenvalue weighted by Crippen LogP contribution is -1.96. The fraction of sp³-hybridized carbons (Fsp3) is 0.200. The molecule has 13 heavy (non-hydrogen) atoms. The minimum Gasteiger partial charge on any atom is -0.468 e. The predicted molar refractivity (Wildman–Crippen MR) is 47.7 cm³/mol. The van der Waals surface area contributed by atoms with Gasteiger partial charge in [-0.15, -0.1) is 0 Å². The number of rotatable bonds is 1. The molecule has 1 rings (SSSR count). The van der Waals surface area contributed by atoms with E-state index in [0.717, 1.165) is 5.56 Å². The Morgan fingerprint density at radius 1 is 1.54 bits per heavy atom. The molecule has 0 saturated carbocycles. The minimum atomic E-state index is -0.318. The van der Waals surface area contributed by atoms with Crippen LogP contribution in [-0.2, 0) is 9.53 Å². The molecular formula is C10H9NO2. The first-order valence-electron chi connectivity index (χ1n) is 3.78. The van der Waals surface area contributed by atoms with E-state index in [1.165, 1.54) is 7.11 Å². The molecule has 0 bridgehead atoms. The van der Waals surface area contributed by atoms with Crippen LogP contribution in [0.15, 0.2) is 24.5 Å². The lowest BCUT2D eigenvalue weighted by Gasteiger charge is -1.89. The molecule has 0 fully saturated rings. The molecule has 0 aromatic carbocycles. The zero-order valence-electron chi connectivity index (χ0n) is 7.28. The van der Waals surface area contributed by atoms with Gasteiger partial charge in [0.05, 0.1) is 7.11 Å². The van der Waals surface area contributed by atoms with Crippen LogP contribution in [0.25, 0.3) is 0 Å². The highest BCUT2D eigenvalue weighted by Crippen LogP contribution is 1.92. The first kappa shape index (κ1) is 9.27. The predicted octanol–water partition coefficient (Wildman–Crippen LogP) is 0.996. The summed E-state index contributed by atoms with van der Waals surface area (Å²) in [5.74, 6) is 5.20. The highest BCUT2D eigenvalue weighted by atomic mass is 16.5. The van der Waals surface area contributed by atoms with E-state index in [1.807, 2.05) is 0 Å². The third-order valence-corrected chi connectivity index (χ3v) is 1.37. The maximum absolute atomic E-state index is 10.7. The molecule has 1 aromatic heterocycles. The van der Waals surface area contributed by atoms with Crippen LogP contribution in [0.4, 0.5) is 0 Å². The van der Waals surface area contributed by atoms with Crippen LogP contribution in [0.3, 0.4) is 0 Å². The number of carbonyl (C=O) groups excluding carboxylic acids is 1. The molecule has 0 amide bonds. The third-order valence-electron chi connectivity index (χ3n) is 1.37. The Labute approximate surface area is 76.8 Å². The largest absolute Gasteiger partial charge is 0.468 e. The van der Waals surface area contributed by atoms with Gasteiger partial charge in [-0.3, -0.25) is 9.78 Å². The van der Waals surface area contributed by atoms with Crippen LogP contribution in [0.5, 0.6) is 0 Å². The number of carbonyl (C=O) groups is 1. The highest BCUT2D eigenvalue weighted by molar-refractivity contribution is 5.72. The van der Waals surface area contributed by atoms with E-state index in [2.05, 4.69) is 21.6 Å². The quantitative estimate of drug-likeness (QED) is 0.472. The number of methoxy groups -OCH3 is 1. The van der Waals surface area contributed by atoms with Crippen molar-refractivity contribution in [3.8, 4) is 11.8 Å².